The van der Waals surface area contributed by atoms with Crippen LogP contribution in [0.1, 0.15) is 0 Å². The number of rotatable bonds is 0. The summed E-state index contributed by atoms with van der Waals surface area (Å²) in [6.07, 6.45) is -3.68. The van der Waals surface area contributed by atoms with Crippen molar-refractivity contribution in [2.75, 3.05) is 6.54 Å². The van der Waals surface area contributed by atoms with E-state index in [0.29, 0.717) is 6.54 Å². The van der Waals surface area contributed by atoms with Gasteiger partial charge in [0.25, 0.3) is 0 Å². The maximum atomic E-state index is 10.6. The SMILES string of the molecule is O=C(O)C(F)(F)F.O=C1CN=CN1. The standard InChI is InChI=1S/C3H4N2O.C2HF3O2/c6-3-1-4-2-5-3;3-2(4,5)1(6)7/h2H,1H2,(H,4,5,6);(H,6,7). The molecular weight excluding hydrogens is 193 g/mol. The van der Waals surface area contributed by atoms with Crippen LogP contribution < -0.4 is 5.32 Å². The van der Waals surface area contributed by atoms with Crippen molar-refractivity contribution in [3.8, 4) is 0 Å². The Morgan fingerprint density at radius 1 is 1.62 bits per heavy atom. The van der Waals surface area contributed by atoms with Crippen LogP contribution in [0.5, 0.6) is 0 Å². The van der Waals surface area contributed by atoms with Crippen LogP contribution in [0.15, 0.2) is 4.99 Å². The van der Waals surface area contributed by atoms with Crippen molar-refractivity contribution < 1.29 is 27.9 Å². The summed E-state index contributed by atoms with van der Waals surface area (Å²) < 4.78 is 31.7. The molecule has 0 bridgehead atoms. The Morgan fingerprint density at radius 3 is 2.15 bits per heavy atom. The molecule has 1 aliphatic heterocycles. The molecule has 2 N–H and O–H groups in total. The number of aliphatic carboxylic acids is 1. The van der Waals surface area contributed by atoms with Gasteiger partial charge in [-0.25, -0.2) is 4.79 Å². The number of halogens is 3. The van der Waals surface area contributed by atoms with Gasteiger partial charge in [0.05, 0.1) is 6.34 Å². The lowest BCUT2D eigenvalue weighted by molar-refractivity contribution is -0.192. The van der Waals surface area contributed by atoms with E-state index in [-0.39, 0.29) is 5.91 Å². The first-order valence-electron chi connectivity index (χ1n) is 2.92. The van der Waals surface area contributed by atoms with E-state index in [4.69, 9.17) is 9.90 Å². The van der Waals surface area contributed by atoms with Crippen molar-refractivity contribution in [3.05, 3.63) is 0 Å². The second-order valence-corrected chi connectivity index (χ2v) is 1.84. The van der Waals surface area contributed by atoms with E-state index in [0.717, 1.165) is 0 Å². The molecule has 0 saturated heterocycles. The third-order valence-electron chi connectivity index (χ3n) is 0.794. The average molecular weight is 198 g/mol. The van der Waals surface area contributed by atoms with Crippen LogP contribution in [0.2, 0.25) is 0 Å². The number of nitrogens with one attached hydrogen (secondary N) is 1. The maximum absolute atomic E-state index is 10.6. The minimum Gasteiger partial charge on any atom is -0.475 e. The monoisotopic (exact) mass is 198 g/mol. The predicted molar refractivity (Wildman–Crippen MR) is 35.2 cm³/mol. The Morgan fingerprint density at radius 2 is 2.08 bits per heavy atom. The molecule has 0 aromatic heterocycles. The van der Waals surface area contributed by atoms with E-state index in [2.05, 4.69) is 10.3 Å². The molecule has 74 valence electrons. The van der Waals surface area contributed by atoms with E-state index in [1.165, 1.54) is 6.34 Å². The predicted octanol–water partition coefficient (Wildman–Crippen LogP) is -0.222. The number of amides is 1. The second kappa shape index (κ2) is 4.43. The highest BCUT2D eigenvalue weighted by Crippen LogP contribution is 2.13. The van der Waals surface area contributed by atoms with Crippen molar-refractivity contribution in [1.82, 2.24) is 5.32 Å². The Kier molecular flexibility index (Phi) is 3.89. The number of alkyl halides is 3. The van der Waals surface area contributed by atoms with Gasteiger partial charge in [0.1, 0.15) is 6.54 Å². The van der Waals surface area contributed by atoms with Gasteiger partial charge >= 0.3 is 12.1 Å². The Labute approximate surface area is 70.3 Å². The molecule has 8 heteroatoms. The van der Waals surface area contributed by atoms with Gasteiger partial charge in [-0.05, 0) is 0 Å². The minimum absolute atomic E-state index is 0.0185. The zero-order valence-corrected chi connectivity index (χ0v) is 6.13. The van der Waals surface area contributed by atoms with E-state index < -0.39 is 12.1 Å². The lowest BCUT2D eigenvalue weighted by Crippen LogP contribution is -2.21. The van der Waals surface area contributed by atoms with Gasteiger partial charge in [-0.15, -0.1) is 0 Å². The molecule has 1 aliphatic rings. The highest BCUT2D eigenvalue weighted by Gasteiger charge is 2.38. The maximum Gasteiger partial charge on any atom is 0.490 e. The molecule has 0 unspecified atom stereocenters. The van der Waals surface area contributed by atoms with Crippen molar-refractivity contribution in [2.24, 2.45) is 4.99 Å². The van der Waals surface area contributed by atoms with Gasteiger partial charge in [0, 0.05) is 0 Å². The number of aliphatic imine (C=N–C) groups is 1. The van der Waals surface area contributed by atoms with Crippen LogP contribution in [0.25, 0.3) is 0 Å². The number of carboxylic acids is 1. The number of hydrogen-bond donors (Lipinski definition) is 2. The van der Waals surface area contributed by atoms with Crippen LogP contribution in [0.4, 0.5) is 13.2 Å². The topological polar surface area (TPSA) is 78.8 Å². The molecule has 0 aromatic rings. The zero-order chi connectivity index (χ0) is 10.5. The van der Waals surface area contributed by atoms with Crippen molar-refractivity contribution >= 4 is 18.2 Å². The van der Waals surface area contributed by atoms with Crippen LogP contribution >= 0.6 is 0 Å². The second-order valence-electron chi connectivity index (χ2n) is 1.84. The average Bonchev–Trinajstić information content (AvgIpc) is 2.38. The van der Waals surface area contributed by atoms with Gasteiger partial charge in [0.15, 0.2) is 0 Å². The first kappa shape index (κ1) is 11.4. The largest absolute Gasteiger partial charge is 0.490 e. The number of carboxylic acid groups (broad SMARTS) is 1. The summed E-state index contributed by atoms with van der Waals surface area (Å²) in [5, 5.41) is 9.51. The van der Waals surface area contributed by atoms with Gasteiger partial charge in [-0.1, -0.05) is 0 Å². The smallest absolute Gasteiger partial charge is 0.475 e. The molecule has 5 nitrogen and oxygen atoms in total. The molecule has 0 aromatic carbocycles. The summed E-state index contributed by atoms with van der Waals surface area (Å²) in [5.41, 5.74) is 0. The lowest BCUT2D eigenvalue weighted by atomic mass is 10.7. The number of nitrogens with zero attached hydrogens (tertiary/aromatic N) is 1. The van der Waals surface area contributed by atoms with Gasteiger partial charge in [-0.3, -0.25) is 9.79 Å². The zero-order valence-electron chi connectivity index (χ0n) is 6.13. The van der Waals surface area contributed by atoms with Crippen LogP contribution in [0, 0.1) is 0 Å². The molecule has 0 radical (unpaired) electrons. The number of carbonyl (C=O) groups excluding carboxylic acids is 1. The summed E-state index contributed by atoms with van der Waals surface area (Å²) >= 11 is 0. The summed E-state index contributed by atoms with van der Waals surface area (Å²) in [7, 11) is 0. The Hall–Kier alpha value is -1.60. The van der Waals surface area contributed by atoms with E-state index >= 15 is 0 Å². The molecule has 0 aliphatic carbocycles. The first-order valence-corrected chi connectivity index (χ1v) is 2.92. The third kappa shape index (κ3) is 5.65. The van der Waals surface area contributed by atoms with Crippen molar-refractivity contribution in [2.45, 2.75) is 6.18 Å². The van der Waals surface area contributed by atoms with Gasteiger partial charge < -0.3 is 10.4 Å². The number of carbonyl (C=O) groups is 2. The summed E-state index contributed by atoms with van der Waals surface area (Å²) in [5.74, 6) is -2.78. The minimum atomic E-state index is -5.08. The molecule has 1 rings (SSSR count). The first-order chi connectivity index (χ1) is 5.84. The van der Waals surface area contributed by atoms with Crippen LogP contribution in [0.3, 0.4) is 0 Å². The van der Waals surface area contributed by atoms with E-state index in [9.17, 15) is 18.0 Å². The third-order valence-corrected chi connectivity index (χ3v) is 0.794. The summed E-state index contributed by atoms with van der Waals surface area (Å²) in [6.45, 7) is 0.306. The highest BCUT2D eigenvalue weighted by molar-refractivity contribution is 5.93. The quantitative estimate of drug-likeness (QED) is 0.564. The fraction of sp³-hybridized carbons (Fsp3) is 0.400. The molecular formula is C5H5F3N2O3. The van der Waals surface area contributed by atoms with Gasteiger partial charge in [0.2, 0.25) is 5.91 Å². The highest BCUT2D eigenvalue weighted by atomic mass is 19.4. The Bertz CT molecular complexity index is 226. The molecule has 0 spiro atoms. The summed E-state index contributed by atoms with van der Waals surface area (Å²) in [6, 6.07) is 0. The molecule has 1 heterocycles. The fourth-order valence-electron chi connectivity index (χ4n) is 0.292. The van der Waals surface area contributed by atoms with Crippen molar-refractivity contribution in [1.29, 1.82) is 0 Å². The molecule has 1 amide bonds. The normalized spacial score (nSPS) is 14.5. The number of hydrogen-bond acceptors (Lipinski definition) is 3. The van der Waals surface area contributed by atoms with Crippen LogP contribution in [-0.4, -0.2) is 36.0 Å². The van der Waals surface area contributed by atoms with Crippen LogP contribution in [-0.2, 0) is 9.59 Å². The molecule has 13 heavy (non-hydrogen) atoms. The summed E-state index contributed by atoms with van der Waals surface area (Å²) in [4.78, 5) is 22.5. The van der Waals surface area contributed by atoms with E-state index in [1.54, 1.807) is 0 Å². The molecule has 0 fully saturated rings. The van der Waals surface area contributed by atoms with Crippen molar-refractivity contribution in [3.63, 3.8) is 0 Å². The lowest BCUT2D eigenvalue weighted by Gasteiger charge is -1.93. The van der Waals surface area contributed by atoms with Gasteiger partial charge in [-0.2, -0.15) is 13.2 Å². The molecule has 0 saturated carbocycles. The molecule has 0 atom stereocenters. The Balaban J connectivity index is 0.000000223. The van der Waals surface area contributed by atoms with E-state index in [1.807, 2.05) is 0 Å². The fourth-order valence-corrected chi connectivity index (χ4v) is 0.292.